The molecule has 0 fully saturated rings. The average molecular weight is 456 g/mol. The molecule has 8 nitrogen and oxygen atoms in total. The highest BCUT2D eigenvalue weighted by Crippen LogP contribution is 2.35. The lowest BCUT2D eigenvalue weighted by molar-refractivity contribution is 0.340. The van der Waals surface area contributed by atoms with Crippen LogP contribution in [-0.4, -0.2) is 42.6 Å². The number of aryl methyl sites for hydroxylation is 1. The van der Waals surface area contributed by atoms with Crippen molar-refractivity contribution < 1.29 is 22.1 Å². The van der Waals surface area contributed by atoms with Crippen molar-refractivity contribution in [1.29, 1.82) is 0 Å². The molecule has 0 atom stereocenters. The second-order valence-electron chi connectivity index (χ2n) is 7.18. The van der Waals surface area contributed by atoms with Crippen molar-refractivity contribution in [2.24, 2.45) is 0 Å². The van der Waals surface area contributed by atoms with Gasteiger partial charge in [-0.15, -0.1) is 0 Å². The summed E-state index contributed by atoms with van der Waals surface area (Å²) in [6.07, 6.45) is 0. The first kappa shape index (κ1) is 22.0. The van der Waals surface area contributed by atoms with Gasteiger partial charge in [-0.3, -0.25) is 0 Å². The Morgan fingerprint density at radius 3 is 2.41 bits per heavy atom. The van der Waals surface area contributed by atoms with Gasteiger partial charge in [0.25, 0.3) is 5.89 Å². The summed E-state index contributed by atoms with van der Waals surface area (Å²) in [6, 6.07) is 12.3. The van der Waals surface area contributed by atoms with E-state index in [9.17, 15) is 8.42 Å². The number of aromatic nitrogens is 2. The fraction of sp³-hybridized carbons (Fsp3) is 0.304. The van der Waals surface area contributed by atoms with Crippen molar-refractivity contribution in [3.8, 4) is 28.8 Å². The molecule has 2 aromatic heterocycles. The topological polar surface area (TPSA) is 98.7 Å². The van der Waals surface area contributed by atoms with Crippen molar-refractivity contribution in [2.45, 2.75) is 32.6 Å². The molecule has 0 aliphatic rings. The van der Waals surface area contributed by atoms with Gasteiger partial charge in [-0.25, -0.2) is 8.42 Å². The van der Waals surface area contributed by atoms with Crippen molar-refractivity contribution in [1.82, 2.24) is 14.4 Å². The van der Waals surface area contributed by atoms with Gasteiger partial charge < -0.3 is 13.7 Å². The minimum atomic E-state index is -3.57. The van der Waals surface area contributed by atoms with Crippen molar-refractivity contribution in [3.63, 3.8) is 0 Å². The summed E-state index contributed by atoms with van der Waals surface area (Å²) in [5, 5.41) is 4.75. The maximum atomic E-state index is 12.9. The maximum absolute atomic E-state index is 12.9. The van der Waals surface area contributed by atoms with E-state index < -0.39 is 10.0 Å². The number of furan rings is 1. The van der Waals surface area contributed by atoms with E-state index in [1.807, 2.05) is 52.0 Å². The van der Waals surface area contributed by atoms with E-state index >= 15 is 0 Å². The third kappa shape index (κ3) is 3.89. The number of fused-ring (bicyclic) bond motifs is 1. The zero-order chi connectivity index (χ0) is 22.9. The Kier molecular flexibility index (Phi) is 6.03. The number of rotatable bonds is 8. The van der Waals surface area contributed by atoms with Gasteiger partial charge in [-0.1, -0.05) is 19.0 Å². The predicted octanol–water partition coefficient (Wildman–Crippen LogP) is 4.89. The Balaban J connectivity index is 1.69. The molecule has 4 aromatic rings. The van der Waals surface area contributed by atoms with Crippen LogP contribution in [0.25, 0.3) is 34.0 Å². The summed E-state index contributed by atoms with van der Waals surface area (Å²) in [7, 11) is -3.57. The second kappa shape index (κ2) is 8.76. The molecule has 0 aliphatic carbocycles. The summed E-state index contributed by atoms with van der Waals surface area (Å²) in [4.78, 5) is 4.70. The van der Waals surface area contributed by atoms with Gasteiger partial charge in [0.1, 0.15) is 11.3 Å². The quantitative estimate of drug-likeness (QED) is 0.373. The molecule has 0 saturated carbocycles. The molecule has 0 amide bonds. The minimum Gasteiger partial charge on any atom is -0.494 e. The summed E-state index contributed by atoms with van der Waals surface area (Å²) >= 11 is 0. The van der Waals surface area contributed by atoms with Gasteiger partial charge in [0.15, 0.2) is 5.76 Å². The van der Waals surface area contributed by atoms with Crippen molar-refractivity contribution in [3.05, 3.63) is 48.0 Å². The molecule has 2 heterocycles. The van der Waals surface area contributed by atoms with Gasteiger partial charge in [0.2, 0.25) is 15.8 Å². The van der Waals surface area contributed by atoms with Crippen LogP contribution in [-0.2, 0) is 10.0 Å². The predicted molar refractivity (Wildman–Crippen MR) is 121 cm³/mol. The molecule has 2 aromatic carbocycles. The standard InChI is InChI=1S/C23H25N3O5S/c1-5-26(6-2)32(27,28)18-12-13-20-19(14-18)15(4)21(30-20)23-24-22(25-31-23)16-8-10-17(11-9-16)29-7-3/h8-14H,5-7H2,1-4H3. The normalized spacial score (nSPS) is 12.0. The van der Waals surface area contributed by atoms with Crippen molar-refractivity contribution >= 4 is 21.0 Å². The molecule has 168 valence electrons. The van der Waals surface area contributed by atoms with E-state index in [1.54, 1.807) is 18.2 Å². The number of nitrogens with zero attached hydrogens (tertiary/aromatic N) is 3. The first-order valence-corrected chi connectivity index (χ1v) is 11.9. The van der Waals surface area contributed by atoms with E-state index in [1.165, 1.54) is 4.31 Å². The number of sulfonamides is 1. The van der Waals surface area contributed by atoms with Crippen LogP contribution >= 0.6 is 0 Å². The Morgan fingerprint density at radius 2 is 1.75 bits per heavy atom. The van der Waals surface area contributed by atoms with E-state index in [0.717, 1.165) is 16.9 Å². The van der Waals surface area contributed by atoms with Crippen molar-refractivity contribution in [2.75, 3.05) is 19.7 Å². The number of hydrogen-bond donors (Lipinski definition) is 0. The van der Waals surface area contributed by atoms with Crippen LogP contribution in [0, 0.1) is 6.92 Å². The minimum absolute atomic E-state index is 0.227. The second-order valence-corrected chi connectivity index (χ2v) is 9.12. The SMILES string of the molecule is CCOc1ccc(-c2noc(-c3oc4ccc(S(=O)(=O)N(CC)CC)cc4c3C)n2)cc1. The third-order valence-corrected chi connectivity index (χ3v) is 7.34. The smallest absolute Gasteiger partial charge is 0.294 e. The van der Waals surface area contributed by atoms with Gasteiger partial charge >= 0.3 is 0 Å². The summed E-state index contributed by atoms with van der Waals surface area (Å²) < 4.78 is 44.1. The molecule has 0 unspecified atom stereocenters. The summed E-state index contributed by atoms with van der Waals surface area (Å²) in [5.74, 6) is 1.84. The molecule has 0 N–H and O–H groups in total. The van der Waals surface area contributed by atoms with Crippen LogP contribution in [0.5, 0.6) is 5.75 Å². The highest BCUT2D eigenvalue weighted by molar-refractivity contribution is 7.89. The summed E-state index contributed by atoms with van der Waals surface area (Å²) in [6.45, 7) is 8.81. The Morgan fingerprint density at radius 1 is 1.03 bits per heavy atom. The van der Waals surface area contributed by atoms with Crippen LogP contribution in [0.15, 0.2) is 56.3 Å². The van der Waals surface area contributed by atoms with Crippen LogP contribution in [0.1, 0.15) is 26.3 Å². The average Bonchev–Trinajstić information content (AvgIpc) is 3.40. The van der Waals surface area contributed by atoms with Crippen LogP contribution in [0.2, 0.25) is 0 Å². The maximum Gasteiger partial charge on any atom is 0.294 e. The molecule has 0 bridgehead atoms. The van der Waals surface area contributed by atoms with Crippen LogP contribution in [0.4, 0.5) is 0 Å². The molecule has 0 spiro atoms. The number of hydrogen-bond acceptors (Lipinski definition) is 7. The first-order chi connectivity index (χ1) is 15.4. The largest absolute Gasteiger partial charge is 0.494 e. The fourth-order valence-electron chi connectivity index (χ4n) is 3.58. The fourth-order valence-corrected chi connectivity index (χ4v) is 5.06. The zero-order valence-electron chi connectivity index (χ0n) is 18.5. The van der Waals surface area contributed by atoms with Gasteiger partial charge in [0, 0.05) is 29.6 Å². The van der Waals surface area contributed by atoms with Gasteiger partial charge in [-0.2, -0.15) is 9.29 Å². The molecule has 9 heteroatoms. The van der Waals surface area contributed by atoms with Crippen LogP contribution < -0.4 is 4.74 Å². The lowest BCUT2D eigenvalue weighted by Crippen LogP contribution is -2.30. The molecular formula is C23H25N3O5S. The van der Waals surface area contributed by atoms with Crippen LogP contribution in [0.3, 0.4) is 0 Å². The molecule has 0 aliphatic heterocycles. The number of benzene rings is 2. The Hall–Kier alpha value is -3.17. The van der Waals surface area contributed by atoms with E-state index in [2.05, 4.69) is 10.1 Å². The third-order valence-electron chi connectivity index (χ3n) is 5.29. The molecule has 4 rings (SSSR count). The molecular weight excluding hydrogens is 430 g/mol. The lowest BCUT2D eigenvalue weighted by atomic mass is 10.1. The Labute approximate surface area is 186 Å². The highest BCUT2D eigenvalue weighted by atomic mass is 32.2. The number of ether oxygens (including phenoxy) is 1. The Bertz CT molecular complexity index is 1340. The molecule has 0 radical (unpaired) electrons. The highest BCUT2D eigenvalue weighted by Gasteiger charge is 2.24. The molecule has 32 heavy (non-hydrogen) atoms. The van der Waals surface area contributed by atoms with E-state index in [4.69, 9.17) is 13.7 Å². The lowest BCUT2D eigenvalue weighted by Gasteiger charge is -2.18. The monoisotopic (exact) mass is 455 g/mol. The molecule has 0 saturated heterocycles. The van der Waals surface area contributed by atoms with Gasteiger partial charge in [-0.05, 0) is 56.3 Å². The summed E-state index contributed by atoms with van der Waals surface area (Å²) in [5.41, 5.74) is 2.07. The van der Waals surface area contributed by atoms with E-state index in [0.29, 0.717) is 42.3 Å². The first-order valence-electron chi connectivity index (χ1n) is 10.5. The van der Waals surface area contributed by atoms with Gasteiger partial charge in [0.05, 0.1) is 11.5 Å². The van der Waals surface area contributed by atoms with E-state index in [-0.39, 0.29) is 10.8 Å². The zero-order valence-corrected chi connectivity index (χ0v) is 19.3.